The van der Waals surface area contributed by atoms with Crippen LogP contribution in [-0.2, 0) is 10.8 Å². The fourth-order valence-electron chi connectivity index (χ4n) is 0.977. The number of carboxylic acid groups (broad SMARTS) is 1. The van der Waals surface area contributed by atoms with Crippen molar-refractivity contribution in [2.75, 3.05) is 5.75 Å². The van der Waals surface area contributed by atoms with Crippen molar-refractivity contribution in [1.29, 1.82) is 0 Å². The maximum atomic E-state index is 11.4. The number of rotatable bonds is 3. The summed E-state index contributed by atoms with van der Waals surface area (Å²) in [7, 11) is -1.11. The first-order valence-corrected chi connectivity index (χ1v) is 6.08. The highest BCUT2D eigenvalue weighted by molar-refractivity contribution is 9.10. The van der Waals surface area contributed by atoms with E-state index in [1.165, 1.54) is 6.07 Å². The summed E-state index contributed by atoms with van der Waals surface area (Å²) >= 11 is 3.12. The Labute approximate surface area is 92.7 Å². The van der Waals surface area contributed by atoms with Crippen molar-refractivity contribution in [1.82, 2.24) is 0 Å². The average molecular weight is 277 g/mol. The first-order valence-electron chi connectivity index (χ1n) is 3.97. The second-order valence-electron chi connectivity index (χ2n) is 2.58. The summed E-state index contributed by atoms with van der Waals surface area (Å²) in [5, 5.41) is 8.82. The molecule has 1 aromatic carbocycles. The second-order valence-corrected chi connectivity index (χ2v) is 5.18. The van der Waals surface area contributed by atoms with Crippen molar-refractivity contribution < 1.29 is 14.1 Å². The van der Waals surface area contributed by atoms with Crippen molar-refractivity contribution in [3.8, 4) is 0 Å². The summed E-state index contributed by atoms with van der Waals surface area (Å²) in [6, 6.07) is 4.70. The molecule has 1 unspecified atom stereocenters. The Hall–Kier alpha value is -0.680. The lowest BCUT2D eigenvalue weighted by molar-refractivity contribution is 0.0695. The predicted molar refractivity (Wildman–Crippen MR) is 58.1 cm³/mol. The summed E-state index contributed by atoms with van der Waals surface area (Å²) in [5.74, 6) is -0.535. The maximum Gasteiger partial charge on any atom is 0.336 e. The minimum atomic E-state index is -1.11. The van der Waals surface area contributed by atoms with Crippen LogP contribution in [0.15, 0.2) is 27.6 Å². The van der Waals surface area contributed by atoms with Crippen molar-refractivity contribution in [2.24, 2.45) is 0 Å². The third-order valence-corrected chi connectivity index (χ3v) is 3.69. The first-order chi connectivity index (χ1) is 6.56. The van der Waals surface area contributed by atoms with Crippen LogP contribution in [0.3, 0.4) is 0 Å². The van der Waals surface area contributed by atoms with Crippen molar-refractivity contribution >= 4 is 32.7 Å². The molecule has 3 nitrogen and oxygen atoms in total. The number of hydrogen-bond donors (Lipinski definition) is 1. The Morgan fingerprint density at radius 1 is 1.57 bits per heavy atom. The van der Waals surface area contributed by atoms with E-state index in [4.69, 9.17) is 5.11 Å². The van der Waals surface area contributed by atoms with Crippen LogP contribution in [0.1, 0.15) is 17.3 Å². The van der Waals surface area contributed by atoms with Gasteiger partial charge in [-0.3, -0.25) is 4.21 Å². The molecule has 1 atom stereocenters. The van der Waals surface area contributed by atoms with Gasteiger partial charge < -0.3 is 5.11 Å². The van der Waals surface area contributed by atoms with Gasteiger partial charge in [0.25, 0.3) is 0 Å². The van der Waals surface area contributed by atoms with Crippen molar-refractivity contribution in [3.05, 3.63) is 28.2 Å². The Balaban J connectivity index is 3.19. The third kappa shape index (κ3) is 2.42. The maximum absolute atomic E-state index is 11.4. The molecule has 5 heteroatoms. The van der Waals surface area contributed by atoms with Gasteiger partial charge >= 0.3 is 5.97 Å². The average Bonchev–Trinajstić information content (AvgIpc) is 2.17. The van der Waals surface area contributed by atoms with E-state index in [1.54, 1.807) is 19.1 Å². The quantitative estimate of drug-likeness (QED) is 0.922. The summed E-state index contributed by atoms with van der Waals surface area (Å²) in [4.78, 5) is 11.3. The summed E-state index contributed by atoms with van der Waals surface area (Å²) < 4.78 is 11.9. The second kappa shape index (κ2) is 4.70. The lowest BCUT2D eigenvalue weighted by Crippen LogP contribution is -2.01. The van der Waals surface area contributed by atoms with E-state index >= 15 is 0 Å². The molecule has 76 valence electrons. The zero-order valence-corrected chi connectivity index (χ0v) is 9.89. The lowest BCUT2D eigenvalue weighted by atomic mass is 10.2. The highest BCUT2D eigenvalue weighted by Crippen LogP contribution is 2.20. The summed E-state index contributed by atoms with van der Waals surface area (Å²) in [6.45, 7) is 1.79. The molecule has 0 fully saturated rings. The number of carboxylic acids is 1. The number of halogens is 1. The molecule has 1 aromatic rings. The summed E-state index contributed by atoms with van der Waals surface area (Å²) in [6.07, 6.45) is 0. The molecular weight excluding hydrogens is 268 g/mol. The highest BCUT2D eigenvalue weighted by atomic mass is 79.9. The fourth-order valence-corrected chi connectivity index (χ4v) is 2.20. The van der Waals surface area contributed by atoms with Gasteiger partial charge in [0.15, 0.2) is 0 Å². The van der Waals surface area contributed by atoms with Gasteiger partial charge in [-0.1, -0.05) is 6.92 Å². The lowest BCUT2D eigenvalue weighted by Gasteiger charge is -2.02. The van der Waals surface area contributed by atoms with Crippen LogP contribution < -0.4 is 0 Å². The monoisotopic (exact) mass is 276 g/mol. The largest absolute Gasteiger partial charge is 0.478 e. The van der Waals surface area contributed by atoms with Crippen LogP contribution in [0.25, 0.3) is 0 Å². The van der Waals surface area contributed by atoms with Gasteiger partial charge in [0.2, 0.25) is 0 Å². The SMILES string of the molecule is CCS(=O)c1ccc(Br)c(C(=O)O)c1. The van der Waals surface area contributed by atoms with E-state index in [1.807, 2.05) is 0 Å². The zero-order valence-electron chi connectivity index (χ0n) is 7.49. The van der Waals surface area contributed by atoms with Gasteiger partial charge in [-0.2, -0.15) is 0 Å². The molecule has 0 saturated carbocycles. The molecule has 14 heavy (non-hydrogen) atoms. The molecule has 0 saturated heterocycles. The van der Waals surface area contributed by atoms with E-state index in [-0.39, 0.29) is 5.56 Å². The Morgan fingerprint density at radius 2 is 2.21 bits per heavy atom. The number of carbonyl (C=O) groups is 1. The number of hydrogen-bond acceptors (Lipinski definition) is 2. The minimum Gasteiger partial charge on any atom is -0.478 e. The predicted octanol–water partition coefficient (Wildman–Crippen LogP) is 2.27. The fraction of sp³-hybridized carbons (Fsp3) is 0.222. The molecule has 0 spiro atoms. The number of aromatic carboxylic acids is 1. The van der Waals surface area contributed by atoms with Gasteiger partial charge in [0.05, 0.1) is 16.4 Å². The molecule has 0 aliphatic rings. The molecule has 0 bridgehead atoms. The van der Waals surface area contributed by atoms with E-state index in [0.717, 1.165) is 0 Å². The molecule has 0 aliphatic heterocycles. The van der Waals surface area contributed by atoms with E-state index in [9.17, 15) is 9.00 Å². The van der Waals surface area contributed by atoms with Crippen LogP contribution in [0.4, 0.5) is 0 Å². The summed E-state index contributed by atoms with van der Waals surface area (Å²) in [5.41, 5.74) is 0.143. The van der Waals surface area contributed by atoms with Crippen LogP contribution >= 0.6 is 15.9 Å². The highest BCUT2D eigenvalue weighted by Gasteiger charge is 2.10. The minimum absolute atomic E-state index is 0.143. The Kier molecular flexibility index (Phi) is 3.83. The molecule has 0 amide bonds. The van der Waals surface area contributed by atoms with E-state index in [2.05, 4.69) is 15.9 Å². The van der Waals surface area contributed by atoms with Crippen LogP contribution in [0.5, 0.6) is 0 Å². The molecule has 0 heterocycles. The number of benzene rings is 1. The van der Waals surface area contributed by atoms with Gasteiger partial charge in [-0.15, -0.1) is 0 Å². The smallest absolute Gasteiger partial charge is 0.336 e. The zero-order chi connectivity index (χ0) is 10.7. The standard InChI is InChI=1S/C9H9BrO3S/c1-2-14(13)6-3-4-8(10)7(5-6)9(11)12/h3-5H,2H2,1H3,(H,11,12). The molecule has 0 radical (unpaired) electrons. The van der Waals surface area contributed by atoms with Crippen LogP contribution in [0.2, 0.25) is 0 Å². The van der Waals surface area contributed by atoms with Crippen molar-refractivity contribution in [2.45, 2.75) is 11.8 Å². The first kappa shape index (κ1) is 11.4. The van der Waals surface area contributed by atoms with Gasteiger partial charge in [0, 0.05) is 15.1 Å². The third-order valence-electron chi connectivity index (χ3n) is 1.69. The molecular formula is C9H9BrO3S. The molecule has 1 rings (SSSR count). The van der Waals surface area contributed by atoms with Gasteiger partial charge in [-0.05, 0) is 34.1 Å². The van der Waals surface area contributed by atoms with Crippen molar-refractivity contribution in [3.63, 3.8) is 0 Å². The Bertz CT molecular complexity index is 390. The molecule has 0 aliphatic carbocycles. The van der Waals surface area contributed by atoms with Gasteiger partial charge in [0.1, 0.15) is 0 Å². The molecule has 1 N–H and O–H groups in total. The Morgan fingerprint density at radius 3 is 2.71 bits per heavy atom. The van der Waals surface area contributed by atoms with Crippen LogP contribution in [-0.4, -0.2) is 21.0 Å². The molecule has 0 aromatic heterocycles. The van der Waals surface area contributed by atoms with E-state index in [0.29, 0.717) is 15.1 Å². The van der Waals surface area contributed by atoms with E-state index < -0.39 is 16.8 Å². The van der Waals surface area contributed by atoms with Gasteiger partial charge in [-0.25, -0.2) is 4.79 Å². The normalized spacial score (nSPS) is 12.4. The van der Waals surface area contributed by atoms with Crippen LogP contribution in [0, 0.1) is 0 Å². The topological polar surface area (TPSA) is 54.4 Å².